The van der Waals surface area contributed by atoms with Crippen LogP contribution in [0.4, 0.5) is 23.7 Å². The lowest BCUT2D eigenvalue weighted by Gasteiger charge is -2.37. The van der Waals surface area contributed by atoms with Gasteiger partial charge >= 0.3 is 12.2 Å². The summed E-state index contributed by atoms with van der Waals surface area (Å²) in [4.78, 5) is 21.8. The van der Waals surface area contributed by atoms with Crippen LogP contribution in [0.25, 0.3) is 16.5 Å². The molecule has 2 heterocycles. The van der Waals surface area contributed by atoms with Gasteiger partial charge in [-0.1, -0.05) is 6.07 Å². The number of anilines is 1. The van der Waals surface area contributed by atoms with Crippen LogP contribution in [-0.2, 0) is 0 Å². The van der Waals surface area contributed by atoms with E-state index in [2.05, 4.69) is 9.88 Å². The summed E-state index contributed by atoms with van der Waals surface area (Å²) in [6, 6.07) is 7.84. The number of nitrogens with one attached hydrogen (secondary N) is 1. The summed E-state index contributed by atoms with van der Waals surface area (Å²) in [5.74, 6) is 0. The summed E-state index contributed by atoms with van der Waals surface area (Å²) in [6.07, 6.45) is -2.51. The van der Waals surface area contributed by atoms with E-state index in [0.717, 1.165) is 11.8 Å². The Balaban J connectivity index is 1.97. The predicted octanol–water partition coefficient (Wildman–Crippen LogP) is 3.53. The van der Waals surface area contributed by atoms with Gasteiger partial charge in [0.2, 0.25) is 0 Å². The molecule has 0 spiro atoms. The van der Waals surface area contributed by atoms with Crippen LogP contribution in [0.1, 0.15) is 5.56 Å². The third-order valence-corrected chi connectivity index (χ3v) is 5.06. The summed E-state index contributed by atoms with van der Waals surface area (Å²) < 4.78 is 39.4. The second-order valence-electron chi connectivity index (χ2n) is 7.27. The Hall–Kier alpha value is -3.61. The fourth-order valence-corrected chi connectivity index (χ4v) is 3.51. The second-order valence-corrected chi connectivity index (χ2v) is 7.27. The molecular weight excluding hydrogens is 409 g/mol. The van der Waals surface area contributed by atoms with Gasteiger partial charge in [-0.15, -0.1) is 0 Å². The van der Waals surface area contributed by atoms with Crippen molar-refractivity contribution in [2.45, 2.75) is 6.18 Å². The number of nitrogens with zero attached hydrogens (tertiary/aromatic N) is 5. The number of rotatable bonds is 3. The van der Waals surface area contributed by atoms with E-state index >= 15 is 0 Å². The molecule has 1 fully saturated rings. The van der Waals surface area contributed by atoms with Gasteiger partial charge in [-0.25, -0.2) is 4.79 Å². The van der Waals surface area contributed by atoms with Gasteiger partial charge in [0.05, 0.1) is 11.6 Å². The van der Waals surface area contributed by atoms with Crippen LogP contribution in [0, 0.1) is 16.7 Å². The summed E-state index contributed by atoms with van der Waals surface area (Å²) in [5, 5.41) is 17.0. The van der Waals surface area contributed by atoms with Gasteiger partial charge in [0.1, 0.15) is 5.71 Å². The summed E-state index contributed by atoms with van der Waals surface area (Å²) in [7, 11) is 3.38. The topological polar surface area (TPSA) is 87.3 Å². The molecule has 0 radical (unpaired) electrons. The van der Waals surface area contributed by atoms with Gasteiger partial charge in [0.25, 0.3) is 0 Å². The maximum Gasteiger partial charge on any atom is 0.433 e. The second kappa shape index (κ2) is 8.63. The monoisotopic (exact) mass is 430 g/mol. The SMILES string of the molecule is CN(C)C(=O)N1CCN(c2ccnc3ccc(/C(=C/C#N)C(=N)C(F)(F)F)cc23)CC1. The van der Waals surface area contributed by atoms with E-state index in [1.165, 1.54) is 17.0 Å². The van der Waals surface area contributed by atoms with Crippen molar-refractivity contribution in [3.05, 3.63) is 42.1 Å². The smallest absolute Gasteiger partial charge is 0.367 e. The minimum atomic E-state index is -4.87. The van der Waals surface area contributed by atoms with Crippen molar-refractivity contribution in [2.24, 2.45) is 0 Å². The Bertz CT molecular complexity index is 1080. The van der Waals surface area contributed by atoms with E-state index in [-0.39, 0.29) is 11.6 Å². The van der Waals surface area contributed by atoms with Crippen molar-refractivity contribution in [1.29, 1.82) is 10.7 Å². The molecule has 0 saturated carbocycles. The number of allylic oxidation sites excluding steroid dienone is 2. The van der Waals surface area contributed by atoms with Gasteiger partial charge in [-0.05, 0) is 23.8 Å². The molecule has 7 nitrogen and oxygen atoms in total. The summed E-state index contributed by atoms with van der Waals surface area (Å²) in [6.45, 7) is 2.14. The molecule has 0 bridgehead atoms. The highest BCUT2D eigenvalue weighted by atomic mass is 19.4. The molecule has 10 heteroatoms. The van der Waals surface area contributed by atoms with Crippen molar-refractivity contribution in [2.75, 3.05) is 45.2 Å². The standard InChI is InChI=1S/C21H21F3N6O/c1-28(2)20(31)30-11-9-29(10-12-30)18-6-8-27-17-4-3-14(13-16(17)18)15(5-7-25)19(26)21(22,23)24/h3-6,8,13,26H,9-12H2,1-2H3/b15-5-,26-19?. The molecular formula is C21H21F3N6O. The first-order valence-electron chi connectivity index (χ1n) is 9.49. The number of piperazine rings is 1. The quantitative estimate of drug-likeness (QED) is 0.596. The minimum absolute atomic E-state index is 0.0709. The number of benzene rings is 1. The minimum Gasteiger partial charge on any atom is -0.367 e. The van der Waals surface area contributed by atoms with Crippen LogP contribution in [0.15, 0.2) is 36.5 Å². The van der Waals surface area contributed by atoms with Crippen molar-refractivity contribution in [3.63, 3.8) is 0 Å². The van der Waals surface area contributed by atoms with Crippen LogP contribution in [0.5, 0.6) is 0 Å². The van der Waals surface area contributed by atoms with Crippen molar-refractivity contribution >= 4 is 33.9 Å². The molecule has 162 valence electrons. The molecule has 0 atom stereocenters. The molecule has 1 aliphatic heterocycles. The number of hydrogen-bond acceptors (Lipinski definition) is 5. The summed E-state index contributed by atoms with van der Waals surface area (Å²) in [5.41, 5.74) is -0.587. The fourth-order valence-electron chi connectivity index (χ4n) is 3.51. The molecule has 0 aliphatic carbocycles. The predicted molar refractivity (Wildman–Crippen MR) is 112 cm³/mol. The van der Waals surface area contributed by atoms with E-state index in [1.54, 1.807) is 43.4 Å². The molecule has 2 amide bonds. The van der Waals surface area contributed by atoms with Gasteiger partial charge in [-0.3, -0.25) is 10.4 Å². The third-order valence-electron chi connectivity index (χ3n) is 5.06. The van der Waals surface area contributed by atoms with Gasteiger partial charge in [0.15, 0.2) is 0 Å². The van der Waals surface area contributed by atoms with Gasteiger partial charge in [0, 0.05) is 69.2 Å². The number of fused-ring (bicyclic) bond motifs is 1. The maximum atomic E-state index is 13.1. The van der Waals surface area contributed by atoms with E-state index in [1.807, 2.05) is 0 Å². The summed E-state index contributed by atoms with van der Waals surface area (Å²) >= 11 is 0. The molecule has 3 rings (SSSR count). The number of pyridine rings is 1. The molecule has 31 heavy (non-hydrogen) atoms. The fraction of sp³-hybridized carbons (Fsp3) is 0.333. The number of carbonyl (C=O) groups excluding carboxylic acids is 1. The first-order valence-corrected chi connectivity index (χ1v) is 9.49. The highest BCUT2D eigenvalue weighted by Gasteiger charge is 2.37. The van der Waals surface area contributed by atoms with Crippen LogP contribution in [0.3, 0.4) is 0 Å². The van der Waals surface area contributed by atoms with Crippen LogP contribution < -0.4 is 4.90 Å². The van der Waals surface area contributed by atoms with Crippen LogP contribution >= 0.6 is 0 Å². The van der Waals surface area contributed by atoms with Crippen LogP contribution in [0.2, 0.25) is 0 Å². The molecule has 1 aliphatic rings. The Morgan fingerprint density at radius 1 is 1.23 bits per heavy atom. The molecule has 2 aromatic rings. The number of amides is 2. The Morgan fingerprint density at radius 3 is 2.48 bits per heavy atom. The van der Waals surface area contributed by atoms with E-state index in [9.17, 15) is 18.0 Å². The number of hydrogen-bond donors (Lipinski definition) is 1. The largest absolute Gasteiger partial charge is 0.433 e. The lowest BCUT2D eigenvalue weighted by Crippen LogP contribution is -2.51. The number of aromatic nitrogens is 1. The average molecular weight is 430 g/mol. The average Bonchev–Trinajstić information content (AvgIpc) is 2.75. The first-order chi connectivity index (χ1) is 14.6. The zero-order chi connectivity index (χ0) is 22.8. The zero-order valence-electron chi connectivity index (χ0n) is 17.1. The normalized spacial score (nSPS) is 15.0. The zero-order valence-corrected chi connectivity index (χ0v) is 17.1. The van der Waals surface area contributed by atoms with E-state index < -0.39 is 17.5 Å². The van der Waals surface area contributed by atoms with E-state index in [4.69, 9.17) is 10.7 Å². The number of halogens is 3. The van der Waals surface area contributed by atoms with Crippen LogP contribution in [-0.4, -0.2) is 73.0 Å². The molecule has 1 N–H and O–H groups in total. The maximum absolute atomic E-state index is 13.1. The highest BCUT2D eigenvalue weighted by molar-refractivity contribution is 6.25. The molecule has 1 saturated heterocycles. The van der Waals surface area contributed by atoms with Crippen molar-refractivity contribution in [3.8, 4) is 6.07 Å². The van der Waals surface area contributed by atoms with Crippen molar-refractivity contribution < 1.29 is 18.0 Å². The Morgan fingerprint density at radius 2 is 1.90 bits per heavy atom. The number of urea groups is 1. The lowest BCUT2D eigenvalue weighted by molar-refractivity contribution is -0.0578. The van der Waals surface area contributed by atoms with Gasteiger partial charge in [-0.2, -0.15) is 18.4 Å². The highest BCUT2D eigenvalue weighted by Crippen LogP contribution is 2.32. The number of nitriles is 1. The third kappa shape index (κ3) is 4.60. The Kier molecular flexibility index (Phi) is 6.15. The molecule has 1 aromatic carbocycles. The number of carbonyl (C=O) groups is 1. The molecule has 0 unspecified atom stereocenters. The number of alkyl halides is 3. The lowest BCUT2D eigenvalue weighted by atomic mass is 9.98. The molecule has 1 aromatic heterocycles. The first kappa shape index (κ1) is 22.1. The Labute approximate surface area is 177 Å². The van der Waals surface area contributed by atoms with E-state index in [0.29, 0.717) is 37.1 Å². The van der Waals surface area contributed by atoms with Crippen molar-refractivity contribution in [1.82, 2.24) is 14.8 Å². The van der Waals surface area contributed by atoms with Gasteiger partial charge < -0.3 is 14.7 Å².